The zero-order valence-corrected chi connectivity index (χ0v) is 6.79. The average molecular weight is 153 g/mol. The quantitative estimate of drug-likeness (QED) is 0.534. The van der Waals surface area contributed by atoms with Crippen LogP contribution in [0, 0.1) is 5.92 Å². The number of rotatable bonds is 2. The van der Waals surface area contributed by atoms with Crippen molar-refractivity contribution < 1.29 is 12.9 Å². The van der Waals surface area contributed by atoms with E-state index in [1.165, 1.54) is 13.8 Å². The molecule has 0 aromatic rings. The molecular weight excluding hydrogens is 140 g/mol. The predicted molar refractivity (Wildman–Crippen MR) is 38.0 cm³/mol. The minimum atomic E-state index is -4.70. The topological polar surface area (TPSA) is 0 Å². The summed E-state index contributed by atoms with van der Waals surface area (Å²) >= 11 is 0. The summed E-state index contributed by atoms with van der Waals surface area (Å²) < 4.78 is 36.4. The van der Waals surface area contributed by atoms with E-state index in [4.69, 9.17) is 0 Å². The van der Waals surface area contributed by atoms with Gasteiger partial charge in [-0.3, -0.25) is 0 Å². The zero-order valence-electron chi connectivity index (χ0n) is 6.79. The summed E-state index contributed by atoms with van der Waals surface area (Å²) in [5.74, 6) is -0.340. The molecule has 0 atom stereocenters. The molecule has 10 heavy (non-hydrogen) atoms. The smallest absolute Gasteiger partial charge is 0.449 e. The zero-order chi connectivity index (χ0) is 8.58. The van der Waals surface area contributed by atoms with Crippen molar-refractivity contribution in [3.8, 4) is 0 Å². The second-order valence-corrected chi connectivity index (χ2v) is 3.55. The van der Waals surface area contributed by atoms with Gasteiger partial charge in [0, 0.05) is 0 Å². The van der Waals surface area contributed by atoms with E-state index in [1.807, 2.05) is 0 Å². The lowest BCUT2D eigenvalue weighted by Gasteiger charge is -2.38. The molecule has 0 amide bonds. The Bertz CT molecular complexity index is 115. The minimum absolute atomic E-state index is 0.340. The van der Waals surface area contributed by atoms with Crippen LogP contribution >= 0.6 is 0 Å². The highest BCUT2D eigenvalue weighted by Gasteiger charge is 2.43. The van der Waals surface area contributed by atoms with Crippen molar-refractivity contribution in [1.82, 2.24) is 0 Å². The van der Waals surface area contributed by atoms with Gasteiger partial charge in [-0.05, 0) is 0 Å². The van der Waals surface area contributed by atoms with Crippen LogP contribution in [0.4, 0.5) is 12.9 Å². The summed E-state index contributed by atoms with van der Waals surface area (Å²) in [7, 11) is 0. The lowest BCUT2D eigenvalue weighted by molar-refractivity contribution is 0.323. The third kappa shape index (κ3) is 1.67. The van der Waals surface area contributed by atoms with Gasteiger partial charge < -0.3 is 12.9 Å². The van der Waals surface area contributed by atoms with Crippen LogP contribution in [-0.2, 0) is 0 Å². The Hall–Kier alpha value is -0.145. The fourth-order valence-electron chi connectivity index (χ4n) is 0.378. The van der Waals surface area contributed by atoms with Crippen molar-refractivity contribution in [2.24, 2.45) is 5.92 Å². The van der Waals surface area contributed by atoms with E-state index in [-0.39, 0.29) is 5.92 Å². The van der Waals surface area contributed by atoms with Gasteiger partial charge in [-0.25, -0.2) is 0 Å². The van der Waals surface area contributed by atoms with Crippen LogP contribution < -0.4 is 0 Å². The Morgan fingerprint density at radius 3 is 1.40 bits per heavy atom. The average Bonchev–Trinajstić information content (AvgIpc) is 1.62. The SMILES string of the molecule is CC(C)C(C)(C)[B-](F)(F)F. The van der Waals surface area contributed by atoms with E-state index in [1.54, 1.807) is 13.8 Å². The first-order valence-electron chi connectivity index (χ1n) is 3.39. The maximum absolute atomic E-state index is 12.1. The van der Waals surface area contributed by atoms with Gasteiger partial charge in [0.25, 0.3) is 0 Å². The number of hydrogen-bond acceptors (Lipinski definition) is 0. The van der Waals surface area contributed by atoms with Gasteiger partial charge in [-0.2, -0.15) is 0 Å². The van der Waals surface area contributed by atoms with Crippen LogP contribution in [0.15, 0.2) is 0 Å². The molecule has 0 aliphatic heterocycles. The summed E-state index contributed by atoms with van der Waals surface area (Å²) in [6.45, 7) is 0.984. The van der Waals surface area contributed by atoms with Gasteiger partial charge in [0.2, 0.25) is 0 Å². The first kappa shape index (κ1) is 9.85. The number of halogens is 3. The van der Waals surface area contributed by atoms with Crippen molar-refractivity contribution in [2.45, 2.75) is 33.0 Å². The van der Waals surface area contributed by atoms with Gasteiger partial charge in [0.05, 0.1) is 0 Å². The molecule has 0 aliphatic carbocycles. The summed E-state index contributed by atoms with van der Waals surface area (Å²) in [6, 6.07) is 0. The van der Waals surface area contributed by atoms with Crippen LogP contribution in [0.3, 0.4) is 0 Å². The Balaban J connectivity index is 4.40. The summed E-state index contributed by atoms with van der Waals surface area (Å²) in [4.78, 5) is 0. The fourth-order valence-corrected chi connectivity index (χ4v) is 0.378. The van der Waals surface area contributed by atoms with E-state index in [0.717, 1.165) is 0 Å². The first-order valence-corrected chi connectivity index (χ1v) is 3.39. The minimum Gasteiger partial charge on any atom is -0.449 e. The first-order chi connectivity index (χ1) is 4.19. The molecule has 0 aliphatic rings. The molecule has 0 bridgehead atoms. The molecule has 0 N–H and O–H groups in total. The van der Waals surface area contributed by atoms with E-state index >= 15 is 0 Å². The molecule has 0 saturated heterocycles. The Kier molecular flexibility index (Phi) is 2.44. The van der Waals surface area contributed by atoms with Gasteiger partial charge in [-0.1, -0.05) is 38.9 Å². The number of hydrogen-bond donors (Lipinski definition) is 0. The van der Waals surface area contributed by atoms with Crippen LogP contribution in [-0.4, -0.2) is 6.98 Å². The standard InChI is InChI=1S/C6H13BF3/c1-5(2)6(3,4)7(8,9)10/h5H,1-4H3/q-1. The molecule has 0 fully saturated rings. The molecule has 4 heteroatoms. The Morgan fingerprint density at radius 1 is 1.10 bits per heavy atom. The third-order valence-electron chi connectivity index (χ3n) is 2.33. The van der Waals surface area contributed by atoms with Crippen molar-refractivity contribution in [3.63, 3.8) is 0 Å². The van der Waals surface area contributed by atoms with Gasteiger partial charge in [-0.15, -0.1) is 0 Å². The monoisotopic (exact) mass is 153 g/mol. The molecule has 0 radical (unpaired) electrons. The van der Waals surface area contributed by atoms with Crippen LogP contribution in [0.25, 0.3) is 0 Å². The molecule has 0 rings (SSSR count). The molecule has 0 heterocycles. The predicted octanol–water partition coefficient (Wildman–Crippen LogP) is 3.27. The summed E-state index contributed by atoms with van der Waals surface area (Å²) in [5, 5.41) is -1.50. The van der Waals surface area contributed by atoms with E-state index < -0.39 is 12.3 Å². The maximum atomic E-state index is 12.1. The largest absolute Gasteiger partial charge is 0.484 e. The van der Waals surface area contributed by atoms with Crippen molar-refractivity contribution >= 4 is 6.98 Å². The summed E-state index contributed by atoms with van der Waals surface area (Å²) in [6.07, 6.45) is 0. The molecule has 0 aromatic heterocycles. The van der Waals surface area contributed by atoms with Crippen LogP contribution in [0.5, 0.6) is 0 Å². The molecule has 0 saturated carbocycles. The third-order valence-corrected chi connectivity index (χ3v) is 2.33. The second kappa shape index (κ2) is 2.48. The highest BCUT2D eigenvalue weighted by molar-refractivity contribution is 6.62. The van der Waals surface area contributed by atoms with E-state index in [9.17, 15) is 12.9 Å². The molecular formula is C6H13BF3-. The lowest BCUT2D eigenvalue weighted by atomic mass is 9.55. The van der Waals surface area contributed by atoms with Gasteiger partial charge in [0.15, 0.2) is 0 Å². The van der Waals surface area contributed by atoms with E-state index in [0.29, 0.717) is 0 Å². The lowest BCUT2D eigenvalue weighted by Crippen LogP contribution is -2.35. The van der Waals surface area contributed by atoms with Crippen LogP contribution in [0.1, 0.15) is 27.7 Å². The summed E-state index contributed by atoms with van der Waals surface area (Å²) in [5.41, 5.74) is 0. The Labute approximate surface area is 59.9 Å². The Morgan fingerprint density at radius 2 is 1.40 bits per heavy atom. The fraction of sp³-hybridized carbons (Fsp3) is 1.00. The van der Waals surface area contributed by atoms with Crippen LogP contribution in [0.2, 0.25) is 5.31 Å². The van der Waals surface area contributed by atoms with Gasteiger partial charge in [0.1, 0.15) is 0 Å². The molecule has 0 aromatic carbocycles. The molecule has 0 nitrogen and oxygen atoms in total. The second-order valence-electron chi connectivity index (χ2n) is 3.55. The van der Waals surface area contributed by atoms with Crippen molar-refractivity contribution in [3.05, 3.63) is 0 Å². The maximum Gasteiger partial charge on any atom is 0.484 e. The molecule has 0 unspecified atom stereocenters. The van der Waals surface area contributed by atoms with E-state index in [2.05, 4.69) is 0 Å². The van der Waals surface area contributed by atoms with Crippen molar-refractivity contribution in [1.29, 1.82) is 0 Å². The van der Waals surface area contributed by atoms with Gasteiger partial charge >= 0.3 is 6.98 Å². The normalized spacial score (nSPS) is 14.4. The molecule has 0 spiro atoms. The van der Waals surface area contributed by atoms with Crippen molar-refractivity contribution in [2.75, 3.05) is 0 Å². The highest BCUT2D eigenvalue weighted by atomic mass is 19.4. The molecule has 62 valence electrons. The highest BCUT2D eigenvalue weighted by Crippen LogP contribution is 2.46.